The van der Waals surface area contributed by atoms with Gasteiger partial charge in [0.2, 0.25) is 0 Å². The fourth-order valence-electron chi connectivity index (χ4n) is 3.72. The van der Waals surface area contributed by atoms with Gasteiger partial charge in [-0.15, -0.1) is 0 Å². The van der Waals surface area contributed by atoms with Crippen LogP contribution in [0.5, 0.6) is 0 Å². The van der Waals surface area contributed by atoms with Crippen LogP contribution in [0.3, 0.4) is 0 Å². The molecule has 0 aromatic carbocycles. The largest absolute Gasteiger partial charge is 0.480 e. The van der Waals surface area contributed by atoms with E-state index in [4.69, 9.17) is 0 Å². The second-order valence-corrected chi connectivity index (χ2v) is 5.00. The Kier molecular flexibility index (Phi) is 1.93. The number of nitrogens with zero attached hydrogens (tertiary/aromatic N) is 1. The number of hydrogen-bond donors (Lipinski definition) is 1. The Bertz CT molecular complexity index is 337. The Morgan fingerprint density at radius 3 is 3.20 bits per heavy atom. The third-order valence-electron chi connectivity index (χ3n) is 4.34. The van der Waals surface area contributed by atoms with Gasteiger partial charge < -0.3 is 5.11 Å². The molecule has 3 nitrogen and oxygen atoms in total. The van der Waals surface area contributed by atoms with E-state index < -0.39 is 11.5 Å². The van der Waals surface area contributed by atoms with Gasteiger partial charge >= 0.3 is 5.97 Å². The lowest BCUT2D eigenvalue weighted by atomic mass is 9.79. The van der Waals surface area contributed by atoms with Crippen LogP contribution in [0.25, 0.3) is 0 Å². The molecular weight excluding hydrogens is 190 g/mol. The molecule has 0 radical (unpaired) electrons. The van der Waals surface area contributed by atoms with Crippen LogP contribution in [0.2, 0.25) is 0 Å². The third kappa shape index (κ3) is 1.07. The van der Waals surface area contributed by atoms with E-state index in [1.807, 2.05) is 0 Å². The summed E-state index contributed by atoms with van der Waals surface area (Å²) in [6.07, 6.45) is 7.58. The van der Waals surface area contributed by atoms with Crippen molar-refractivity contribution in [1.82, 2.24) is 4.90 Å². The molecule has 0 aromatic rings. The fourth-order valence-corrected chi connectivity index (χ4v) is 3.72. The van der Waals surface area contributed by atoms with Gasteiger partial charge in [-0.3, -0.25) is 4.90 Å². The number of rotatable bonds is 1. The number of aliphatic carboxylic acids is 1. The Morgan fingerprint density at radius 2 is 2.40 bits per heavy atom. The second kappa shape index (κ2) is 3.08. The predicted molar refractivity (Wildman–Crippen MR) is 56.6 cm³/mol. The highest BCUT2D eigenvalue weighted by atomic mass is 16.4. The van der Waals surface area contributed by atoms with E-state index in [1.165, 1.54) is 18.4 Å². The summed E-state index contributed by atoms with van der Waals surface area (Å²) in [5.74, 6) is -0.0780. The van der Waals surface area contributed by atoms with Crippen LogP contribution in [0.1, 0.15) is 32.1 Å². The molecule has 2 fully saturated rings. The monoisotopic (exact) mass is 207 g/mol. The first-order chi connectivity index (χ1) is 7.25. The van der Waals surface area contributed by atoms with Gasteiger partial charge in [-0.2, -0.15) is 0 Å². The van der Waals surface area contributed by atoms with Crippen LogP contribution < -0.4 is 0 Å². The zero-order valence-corrected chi connectivity index (χ0v) is 8.91. The number of hydrogen-bond acceptors (Lipinski definition) is 2. The van der Waals surface area contributed by atoms with E-state index in [0.717, 1.165) is 32.4 Å². The zero-order valence-electron chi connectivity index (χ0n) is 8.91. The van der Waals surface area contributed by atoms with E-state index in [2.05, 4.69) is 11.0 Å². The summed E-state index contributed by atoms with van der Waals surface area (Å²) < 4.78 is 0. The molecule has 0 amide bonds. The van der Waals surface area contributed by atoms with Crippen molar-refractivity contribution in [2.24, 2.45) is 5.92 Å². The molecule has 1 aliphatic carbocycles. The standard InChI is InChI=1S/C12H17NO2/c14-11(15)12-6-3-7-13(12)8-9-4-1-2-5-10(9)12/h5,9H,1-4,6-8H2,(H,14,15)/t9-,12+/m0/s1. The summed E-state index contributed by atoms with van der Waals surface area (Å²) in [6.45, 7) is 1.96. The Hall–Kier alpha value is -0.830. The maximum atomic E-state index is 11.6. The van der Waals surface area contributed by atoms with E-state index in [0.29, 0.717) is 5.92 Å². The van der Waals surface area contributed by atoms with Crippen LogP contribution in [0, 0.1) is 5.92 Å². The first kappa shape index (κ1) is 9.40. The minimum Gasteiger partial charge on any atom is -0.480 e. The molecule has 2 aliphatic heterocycles. The quantitative estimate of drug-likeness (QED) is 0.665. The first-order valence-corrected chi connectivity index (χ1v) is 5.94. The van der Waals surface area contributed by atoms with Gasteiger partial charge in [-0.05, 0) is 50.1 Å². The van der Waals surface area contributed by atoms with Gasteiger partial charge in [0.25, 0.3) is 0 Å². The van der Waals surface area contributed by atoms with Crippen LogP contribution in [-0.4, -0.2) is 34.6 Å². The van der Waals surface area contributed by atoms with Gasteiger partial charge in [-0.1, -0.05) is 6.08 Å². The van der Waals surface area contributed by atoms with Crippen molar-refractivity contribution in [3.63, 3.8) is 0 Å². The van der Waals surface area contributed by atoms with E-state index >= 15 is 0 Å². The Morgan fingerprint density at radius 1 is 1.53 bits per heavy atom. The SMILES string of the molecule is O=C(O)[C@]12CCCN1C[C@@H]1CCCC=C12. The molecule has 3 heteroatoms. The molecule has 0 aromatic heterocycles. The zero-order chi connectivity index (χ0) is 10.5. The highest BCUT2D eigenvalue weighted by molar-refractivity contribution is 5.85. The number of carboxylic acids is 1. The molecule has 2 atom stereocenters. The molecule has 0 bridgehead atoms. The average Bonchev–Trinajstić information content (AvgIpc) is 2.73. The minimum atomic E-state index is -0.615. The molecule has 2 saturated heterocycles. The number of carbonyl (C=O) groups is 1. The van der Waals surface area contributed by atoms with Crippen molar-refractivity contribution in [2.45, 2.75) is 37.6 Å². The van der Waals surface area contributed by atoms with Gasteiger partial charge in [-0.25, -0.2) is 4.79 Å². The van der Waals surface area contributed by atoms with Gasteiger partial charge in [0.15, 0.2) is 0 Å². The second-order valence-electron chi connectivity index (χ2n) is 5.00. The first-order valence-electron chi connectivity index (χ1n) is 5.94. The maximum absolute atomic E-state index is 11.6. The minimum absolute atomic E-state index is 0.537. The topological polar surface area (TPSA) is 40.5 Å². The lowest BCUT2D eigenvalue weighted by molar-refractivity contribution is -0.145. The molecule has 3 rings (SSSR count). The van der Waals surface area contributed by atoms with E-state index in [9.17, 15) is 9.90 Å². The molecule has 0 saturated carbocycles. The molecule has 0 unspecified atom stereocenters. The van der Waals surface area contributed by atoms with Crippen LogP contribution in [0.4, 0.5) is 0 Å². The molecule has 1 N–H and O–H groups in total. The summed E-state index contributed by atoms with van der Waals surface area (Å²) in [6, 6.07) is 0. The van der Waals surface area contributed by atoms with Crippen molar-refractivity contribution in [1.29, 1.82) is 0 Å². The van der Waals surface area contributed by atoms with Crippen molar-refractivity contribution < 1.29 is 9.90 Å². The third-order valence-corrected chi connectivity index (χ3v) is 4.34. The van der Waals surface area contributed by atoms with Gasteiger partial charge in [0.1, 0.15) is 5.54 Å². The molecule has 82 valence electrons. The molecule has 2 heterocycles. The van der Waals surface area contributed by atoms with Crippen LogP contribution >= 0.6 is 0 Å². The van der Waals surface area contributed by atoms with E-state index in [1.54, 1.807) is 0 Å². The van der Waals surface area contributed by atoms with Crippen molar-refractivity contribution in [3.8, 4) is 0 Å². The number of fused-ring (bicyclic) bond motifs is 3. The van der Waals surface area contributed by atoms with Gasteiger partial charge in [0, 0.05) is 6.54 Å². The summed E-state index contributed by atoms with van der Waals surface area (Å²) in [5.41, 5.74) is 0.643. The van der Waals surface area contributed by atoms with E-state index in [-0.39, 0.29) is 0 Å². The normalized spacial score (nSPS) is 39.7. The summed E-state index contributed by atoms with van der Waals surface area (Å²) >= 11 is 0. The fraction of sp³-hybridized carbons (Fsp3) is 0.750. The highest BCUT2D eigenvalue weighted by Gasteiger charge is 2.57. The maximum Gasteiger partial charge on any atom is 0.328 e. The molecular formula is C12H17NO2. The smallest absolute Gasteiger partial charge is 0.328 e. The van der Waals surface area contributed by atoms with Crippen LogP contribution in [-0.2, 0) is 4.79 Å². The Balaban J connectivity index is 2.07. The number of carboxylic acid groups (broad SMARTS) is 1. The molecule has 3 aliphatic rings. The van der Waals surface area contributed by atoms with Crippen molar-refractivity contribution >= 4 is 5.97 Å². The molecule has 0 spiro atoms. The summed E-state index contributed by atoms with van der Waals surface area (Å²) in [4.78, 5) is 13.8. The lowest BCUT2D eigenvalue weighted by Crippen LogP contribution is -2.47. The molecule has 15 heavy (non-hydrogen) atoms. The van der Waals surface area contributed by atoms with Crippen molar-refractivity contribution in [3.05, 3.63) is 11.6 Å². The highest BCUT2D eigenvalue weighted by Crippen LogP contribution is 2.49. The predicted octanol–water partition coefficient (Wildman–Crippen LogP) is 1.65. The van der Waals surface area contributed by atoms with Gasteiger partial charge in [0.05, 0.1) is 0 Å². The lowest BCUT2D eigenvalue weighted by Gasteiger charge is -2.29. The summed E-state index contributed by atoms with van der Waals surface area (Å²) in [5, 5.41) is 9.53. The number of allylic oxidation sites excluding steroid dienone is 1. The Labute approximate surface area is 89.8 Å². The van der Waals surface area contributed by atoms with Crippen LogP contribution in [0.15, 0.2) is 11.6 Å². The average molecular weight is 207 g/mol. The van der Waals surface area contributed by atoms with Crippen molar-refractivity contribution in [2.75, 3.05) is 13.1 Å². The summed E-state index contributed by atoms with van der Waals surface area (Å²) in [7, 11) is 0.